The first-order valence-corrected chi connectivity index (χ1v) is 8.86. The van der Waals surface area contributed by atoms with Crippen LogP contribution in [0.5, 0.6) is 0 Å². The Morgan fingerprint density at radius 2 is 1.95 bits per heavy atom. The Morgan fingerprint density at radius 1 is 1.14 bits per heavy atom. The fourth-order valence-electron chi connectivity index (χ4n) is 3.94. The van der Waals surface area contributed by atoms with Crippen LogP contribution in [0.1, 0.15) is 44.1 Å². The molecule has 0 amide bonds. The predicted molar refractivity (Wildman–Crippen MR) is 91.4 cm³/mol. The van der Waals surface area contributed by atoms with Crippen molar-refractivity contribution in [2.24, 2.45) is 5.92 Å². The highest BCUT2D eigenvalue weighted by molar-refractivity contribution is 6.30. The first kappa shape index (κ1) is 15.2. The first-order chi connectivity index (χ1) is 10.2. The smallest absolute Gasteiger partial charge is 0.0426 e. The Bertz CT molecular complexity index is 468. The lowest BCUT2D eigenvalue weighted by Gasteiger charge is -2.34. The van der Waals surface area contributed by atoms with Crippen LogP contribution < -0.4 is 10.2 Å². The van der Waals surface area contributed by atoms with Gasteiger partial charge < -0.3 is 10.2 Å². The van der Waals surface area contributed by atoms with Crippen LogP contribution in [0, 0.1) is 12.8 Å². The van der Waals surface area contributed by atoms with Crippen molar-refractivity contribution in [1.29, 1.82) is 0 Å². The van der Waals surface area contributed by atoms with Crippen LogP contribution >= 0.6 is 11.6 Å². The van der Waals surface area contributed by atoms with Crippen LogP contribution in [-0.4, -0.2) is 25.7 Å². The van der Waals surface area contributed by atoms with Gasteiger partial charge in [-0.2, -0.15) is 0 Å². The quantitative estimate of drug-likeness (QED) is 0.871. The van der Waals surface area contributed by atoms with E-state index in [1.807, 2.05) is 6.07 Å². The van der Waals surface area contributed by atoms with E-state index in [9.17, 15) is 0 Å². The Balaban J connectivity index is 1.76. The zero-order valence-corrected chi connectivity index (χ0v) is 13.8. The van der Waals surface area contributed by atoms with Gasteiger partial charge in [0.2, 0.25) is 0 Å². The van der Waals surface area contributed by atoms with Gasteiger partial charge in [0, 0.05) is 29.8 Å². The second-order valence-electron chi connectivity index (χ2n) is 6.69. The summed E-state index contributed by atoms with van der Waals surface area (Å²) in [5.41, 5.74) is 2.66. The topological polar surface area (TPSA) is 15.3 Å². The molecule has 1 aliphatic carbocycles. The maximum Gasteiger partial charge on any atom is 0.0426 e. The molecule has 0 bridgehead atoms. The minimum Gasteiger partial charge on any atom is -0.370 e. The molecule has 1 N–H and O–H groups in total. The monoisotopic (exact) mass is 306 g/mol. The minimum atomic E-state index is 0.645. The maximum atomic E-state index is 6.22. The van der Waals surface area contributed by atoms with Gasteiger partial charge in [-0.1, -0.05) is 36.9 Å². The molecule has 0 aromatic heterocycles. The second kappa shape index (κ2) is 7.02. The standard InChI is InChI=1S/C18H27ClN2/c1-14-8-9-16(19)12-18(14)21-11-5-10-20-17(13-21)15-6-3-2-4-7-15/h8-9,12,15,17,20H,2-7,10-11,13H2,1H3. The molecule has 2 fully saturated rings. The van der Waals surface area contributed by atoms with Gasteiger partial charge in [0.1, 0.15) is 0 Å². The summed E-state index contributed by atoms with van der Waals surface area (Å²) in [5, 5.41) is 4.66. The molecule has 1 heterocycles. The lowest BCUT2D eigenvalue weighted by atomic mass is 9.83. The van der Waals surface area contributed by atoms with E-state index >= 15 is 0 Å². The van der Waals surface area contributed by atoms with Crippen molar-refractivity contribution < 1.29 is 0 Å². The van der Waals surface area contributed by atoms with E-state index in [0.717, 1.165) is 30.6 Å². The van der Waals surface area contributed by atoms with Crippen LogP contribution in [0.2, 0.25) is 5.02 Å². The average molecular weight is 307 g/mol. The highest BCUT2D eigenvalue weighted by atomic mass is 35.5. The normalized spacial score (nSPS) is 24.9. The molecule has 21 heavy (non-hydrogen) atoms. The molecule has 1 unspecified atom stereocenters. The lowest BCUT2D eigenvalue weighted by molar-refractivity contribution is 0.277. The summed E-state index contributed by atoms with van der Waals surface area (Å²) in [6, 6.07) is 6.92. The van der Waals surface area contributed by atoms with Gasteiger partial charge in [-0.3, -0.25) is 0 Å². The van der Waals surface area contributed by atoms with E-state index < -0.39 is 0 Å². The first-order valence-electron chi connectivity index (χ1n) is 8.48. The van der Waals surface area contributed by atoms with Crippen LogP contribution in [0.15, 0.2) is 18.2 Å². The third-order valence-electron chi connectivity index (χ3n) is 5.16. The molecular weight excluding hydrogens is 280 g/mol. The van der Waals surface area contributed by atoms with E-state index in [2.05, 4.69) is 29.3 Å². The van der Waals surface area contributed by atoms with Gasteiger partial charge in [0.05, 0.1) is 0 Å². The summed E-state index contributed by atoms with van der Waals surface area (Å²) < 4.78 is 0. The van der Waals surface area contributed by atoms with Crippen LogP contribution in [-0.2, 0) is 0 Å². The molecule has 2 aliphatic rings. The number of halogens is 1. The molecule has 1 aromatic carbocycles. The Kier molecular flexibility index (Phi) is 5.07. The number of aryl methyl sites for hydroxylation is 1. The van der Waals surface area contributed by atoms with E-state index in [4.69, 9.17) is 11.6 Å². The molecular formula is C18H27ClN2. The Hall–Kier alpha value is -0.730. The number of hydrogen-bond acceptors (Lipinski definition) is 2. The van der Waals surface area contributed by atoms with Crippen molar-refractivity contribution in [3.63, 3.8) is 0 Å². The van der Waals surface area contributed by atoms with Crippen LogP contribution in [0.4, 0.5) is 5.69 Å². The molecule has 1 saturated heterocycles. The molecule has 3 heteroatoms. The number of nitrogens with zero attached hydrogens (tertiary/aromatic N) is 1. The molecule has 1 saturated carbocycles. The number of rotatable bonds is 2. The van der Waals surface area contributed by atoms with Crippen molar-refractivity contribution in [3.05, 3.63) is 28.8 Å². The second-order valence-corrected chi connectivity index (χ2v) is 7.13. The summed E-state index contributed by atoms with van der Waals surface area (Å²) in [6.45, 7) is 5.61. The van der Waals surface area contributed by atoms with Crippen molar-refractivity contribution in [1.82, 2.24) is 5.32 Å². The van der Waals surface area contributed by atoms with Crippen molar-refractivity contribution in [2.45, 2.75) is 51.5 Å². The number of hydrogen-bond donors (Lipinski definition) is 1. The minimum absolute atomic E-state index is 0.645. The lowest BCUT2D eigenvalue weighted by Crippen LogP contribution is -2.43. The van der Waals surface area contributed by atoms with Gasteiger partial charge in [0.15, 0.2) is 0 Å². The zero-order valence-electron chi connectivity index (χ0n) is 13.1. The van der Waals surface area contributed by atoms with Gasteiger partial charge in [-0.25, -0.2) is 0 Å². The molecule has 0 radical (unpaired) electrons. The summed E-state index contributed by atoms with van der Waals surface area (Å²) in [6.07, 6.45) is 8.29. The van der Waals surface area contributed by atoms with Gasteiger partial charge in [0.25, 0.3) is 0 Å². The average Bonchev–Trinajstić information content (AvgIpc) is 2.76. The molecule has 2 nitrogen and oxygen atoms in total. The summed E-state index contributed by atoms with van der Waals surface area (Å²) in [7, 11) is 0. The van der Waals surface area contributed by atoms with Crippen molar-refractivity contribution >= 4 is 17.3 Å². The third-order valence-corrected chi connectivity index (χ3v) is 5.39. The van der Waals surface area contributed by atoms with Crippen molar-refractivity contribution in [2.75, 3.05) is 24.5 Å². The molecule has 116 valence electrons. The number of anilines is 1. The number of benzene rings is 1. The highest BCUT2D eigenvalue weighted by Gasteiger charge is 2.27. The van der Waals surface area contributed by atoms with E-state index in [1.54, 1.807) is 0 Å². The Labute approximate surface area is 133 Å². The maximum absolute atomic E-state index is 6.22. The predicted octanol–water partition coefficient (Wildman–Crippen LogP) is 4.40. The molecule has 0 spiro atoms. The number of nitrogens with one attached hydrogen (secondary N) is 1. The van der Waals surface area contributed by atoms with Crippen LogP contribution in [0.25, 0.3) is 0 Å². The van der Waals surface area contributed by atoms with E-state index in [1.165, 1.54) is 49.8 Å². The van der Waals surface area contributed by atoms with E-state index in [0.29, 0.717) is 6.04 Å². The molecule has 1 aromatic rings. The highest BCUT2D eigenvalue weighted by Crippen LogP contribution is 2.30. The largest absolute Gasteiger partial charge is 0.370 e. The fraction of sp³-hybridized carbons (Fsp3) is 0.667. The zero-order chi connectivity index (χ0) is 14.7. The van der Waals surface area contributed by atoms with E-state index in [-0.39, 0.29) is 0 Å². The van der Waals surface area contributed by atoms with Gasteiger partial charge >= 0.3 is 0 Å². The van der Waals surface area contributed by atoms with Gasteiger partial charge in [-0.15, -0.1) is 0 Å². The van der Waals surface area contributed by atoms with Gasteiger partial charge in [-0.05, 0) is 56.3 Å². The summed E-state index contributed by atoms with van der Waals surface area (Å²) in [4.78, 5) is 2.56. The molecule has 1 atom stereocenters. The Morgan fingerprint density at radius 3 is 2.76 bits per heavy atom. The SMILES string of the molecule is Cc1ccc(Cl)cc1N1CCCNC(C2CCCCC2)C1. The van der Waals surface area contributed by atoms with Crippen molar-refractivity contribution in [3.8, 4) is 0 Å². The summed E-state index contributed by atoms with van der Waals surface area (Å²) in [5.74, 6) is 0.860. The summed E-state index contributed by atoms with van der Waals surface area (Å²) >= 11 is 6.22. The molecule has 3 rings (SSSR count). The van der Waals surface area contributed by atoms with Crippen LogP contribution in [0.3, 0.4) is 0 Å². The molecule has 1 aliphatic heterocycles. The fourth-order valence-corrected chi connectivity index (χ4v) is 4.11. The third kappa shape index (κ3) is 3.73.